The van der Waals surface area contributed by atoms with Crippen molar-refractivity contribution in [2.45, 2.75) is 19.9 Å². The first kappa shape index (κ1) is 16.2. The first-order valence-electron chi connectivity index (χ1n) is 8.04. The van der Waals surface area contributed by atoms with Crippen LogP contribution in [-0.4, -0.2) is 41.6 Å². The van der Waals surface area contributed by atoms with Gasteiger partial charge in [0.2, 0.25) is 0 Å². The van der Waals surface area contributed by atoms with Crippen LogP contribution < -0.4 is 10.2 Å². The van der Waals surface area contributed by atoms with Gasteiger partial charge in [0.1, 0.15) is 0 Å². The van der Waals surface area contributed by atoms with Gasteiger partial charge >= 0.3 is 6.03 Å². The molecule has 1 unspecified atom stereocenters. The summed E-state index contributed by atoms with van der Waals surface area (Å²) in [6.45, 7) is 5.57. The number of rotatable bonds is 2. The first-order chi connectivity index (χ1) is 11.5. The molecule has 1 atom stereocenters. The maximum atomic E-state index is 13.9. The molecular formula is C18H21FN4O. The molecule has 0 saturated carbocycles. The van der Waals surface area contributed by atoms with Gasteiger partial charge in [-0.25, -0.2) is 14.2 Å². The van der Waals surface area contributed by atoms with E-state index in [0.29, 0.717) is 25.5 Å². The molecule has 24 heavy (non-hydrogen) atoms. The molecule has 2 aromatic rings. The van der Waals surface area contributed by atoms with Gasteiger partial charge in [0, 0.05) is 37.6 Å². The molecule has 1 aliphatic rings. The number of benzene rings is 1. The Morgan fingerprint density at radius 2 is 2.12 bits per heavy atom. The lowest BCUT2D eigenvalue weighted by atomic mass is 10.2. The molecule has 1 fully saturated rings. The summed E-state index contributed by atoms with van der Waals surface area (Å²) in [5, 5.41) is 2.93. The normalized spacial score (nSPS) is 17.7. The summed E-state index contributed by atoms with van der Waals surface area (Å²) in [6.07, 6.45) is 1.58. The second-order valence-electron chi connectivity index (χ2n) is 6.10. The molecule has 0 bridgehead atoms. The molecule has 1 aromatic heterocycles. The molecule has 0 spiro atoms. The summed E-state index contributed by atoms with van der Waals surface area (Å²) in [6, 6.07) is 10.5. The Morgan fingerprint density at radius 1 is 1.29 bits per heavy atom. The van der Waals surface area contributed by atoms with Crippen LogP contribution >= 0.6 is 0 Å². The second-order valence-corrected chi connectivity index (χ2v) is 6.10. The van der Waals surface area contributed by atoms with Gasteiger partial charge in [-0.15, -0.1) is 0 Å². The van der Waals surface area contributed by atoms with Crippen LogP contribution in [0.1, 0.15) is 12.5 Å². The molecule has 0 radical (unpaired) electrons. The largest absolute Gasteiger partial charge is 0.350 e. The van der Waals surface area contributed by atoms with Crippen molar-refractivity contribution in [2.24, 2.45) is 0 Å². The van der Waals surface area contributed by atoms with Crippen molar-refractivity contribution in [1.29, 1.82) is 0 Å². The van der Waals surface area contributed by atoms with E-state index in [2.05, 4.69) is 10.3 Å². The highest BCUT2D eigenvalue weighted by molar-refractivity contribution is 5.89. The number of nitrogens with one attached hydrogen (secondary N) is 1. The van der Waals surface area contributed by atoms with Gasteiger partial charge in [0.15, 0.2) is 11.6 Å². The average molecular weight is 328 g/mol. The van der Waals surface area contributed by atoms with Gasteiger partial charge in [0.05, 0.1) is 0 Å². The lowest BCUT2D eigenvalue weighted by Crippen LogP contribution is -2.55. The summed E-state index contributed by atoms with van der Waals surface area (Å²) >= 11 is 0. The zero-order chi connectivity index (χ0) is 17.1. The topological polar surface area (TPSA) is 48.5 Å². The monoisotopic (exact) mass is 328 g/mol. The maximum absolute atomic E-state index is 13.9. The zero-order valence-corrected chi connectivity index (χ0v) is 13.9. The summed E-state index contributed by atoms with van der Waals surface area (Å²) < 4.78 is 13.9. The standard InChI is InChI=1S/C18H21FN4O/c1-13-5-3-6-15(11-13)21-18(24)23-10-9-22(12-14(23)2)17-16(19)7-4-8-20-17/h3-8,11,14H,9-10,12H2,1-2H3,(H,21,24). The lowest BCUT2D eigenvalue weighted by Gasteiger charge is -2.40. The Bertz CT molecular complexity index is 736. The minimum atomic E-state index is -0.331. The molecular weight excluding hydrogens is 307 g/mol. The van der Waals surface area contributed by atoms with Crippen LogP contribution in [0.4, 0.5) is 20.7 Å². The number of aromatic nitrogens is 1. The van der Waals surface area contributed by atoms with Crippen LogP contribution in [0, 0.1) is 12.7 Å². The minimum absolute atomic E-state index is 0.0371. The van der Waals surface area contributed by atoms with Crippen LogP contribution in [-0.2, 0) is 0 Å². The van der Waals surface area contributed by atoms with Gasteiger partial charge in [-0.3, -0.25) is 0 Å². The Kier molecular flexibility index (Phi) is 4.64. The molecule has 5 nitrogen and oxygen atoms in total. The number of carbonyl (C=O) groups excluding carboxylic acids is 1. The molecule has 1 N–H and O–H groups in total. The predicted molar refractivity (Wildman–Crippen MR) is 92.8 cm³/mol. The molecule has 0 aliphatic carbocycles. The third-order valence-electron chi connectivity index (χ3n) is 4.20. The van der Waals surface area contributed by atoms with Crippen molar-refractivity contribution >= 4 is 17.5 Å². The van der Waals surface area contributed by atoms with Gasteiger partial charge in [-0.1, -0.05) is 12.1 Å². The average Bonchev–Trinajstić information content (AvgIpc) is 2.55. The Labute approximate surface area is 141 Å². The maximum Gasteiger partial charge on any atom is 0.322 e. The van der Waals surface area contributed by atoms with Crippen molar-refractivity contribution in [3.63, 3.8) is 0 Å². The van der Waals surface area contributed by atoms with Crippen LogP contribution in [0.2, 0.25) is 0 Å². The number of nitrogens with zero attached hydrogens (tertiary/aromatic N) is 3. The predicted octanol–water partition coefficient (Wildman–Crippen LogP) is 3.27. The van der Waals surface area contributed by atoms with Gasteiger partial charge in [-0.2, -0.15) is 0 Å². The van der Waals surface area contributed by atoms with Crippen LogP contribution in [0.5, 0.6) is 0 Å². The Balaban J connectivity index is 1.65. The van der Waals surface area contributed by atoms with E-state index in [1.54, 1.807) is 17.2 Å². The van der Waals surface area contributed by atoms with E-state index >= 15 is 0 Å². The zero-order valence-electron chi connectivity index (χ0n) is 13.9. The van der Waals surface area contributed by atoms with Crippen molar-refractivity contribution in [1.82, 2.24) is 9.88 Å². The second kappa shape index (κ2) is 6.86. The third kappa shape index (κ3) is 3.48. The smallest absolute Gasteiger partial charge is 0.322 e. The fraction of sp³-hybridized carbons (Fsp3) is 0.333. The number of amides is 2. The molecule has 1 aromatic carbocycles. The van der Waals surface area contributed by atoms with Crippen LogP contribution in [0.25, 0.3) is 0 Å². The van der Waals surface area contributed by atoms with E-state index in [1.807, 2.05) is 43.0 Å². The molecule has 6 heteroatoms. The number of anilines is 2. The summed E-state index contributed by atoms with van der Waals surface area (Å²) in [7, 11) is 0. The Hall–Kier alpha value is -2.63. The highest BCUT2D eigenvalue weighted by Gasteiger charge is 2.29. The number of hydrogen-bond acceptors (Lipinski definition) is 3. The molecule has 2 heterocycles. The van der Waals surface area contributed by atoms with Crippen LogP contribution in [0.15, 0.2) is 42.6 Å². The lowest BCUT2D eigenvalue weighted by molar-refractivity contribution is 0.184. The number of carbonyl (C=O) groups is 1. The third-order valence-corrected chi connectivity index (χ3v) is 4.20. The van der Waals surface area contributed by atoms with Crippen molar-refractivity contribution in [2.75, 3.05) is 29.9 Å². The molecule has 1 saturated heterocycles. The number of pyridine rings is 1. The molecule has 2 amide bonds. The van der Waals surface area contributed by atoms with Crippen molar-refractivity contribution in [3.8, 4) is 0 Å². The summed E-state index contributed by atoms with van der Waals surface area (Å²) in [5.74, 6) is 0.0189. The van der Waals surface area contributed by atoms with E-state index in [9.17, 15) is 9.18 Å². The fourth-order valence-corrected chi connectivity index (χ4v) is 2.98. The number of piperazine rings is 1. The van der Waals surface area contributed by atoms with E-state index in [4.69, 9.17) is 0 Å². The fourth-order valence-electron chi connectivity index (χ4n) is 2.98. The van der Waals surface area contributed by atoms with E-state index < -0.39 is 0 Å². The van der Waals surface area contributed by atoms with Gasteiger partial charge in [-0.05, 0) is 43.7 Å². The highest BCUT2D eigenvalue weighted by atomic mass is 19.1. The quantitative estimate of drug-likeness (QED) is 0.920. The number of halogens is 1. The van der Waals surface area contributed by atoms with E-state index in [1.165, 1.54) is 6.07 Å². The molecule has 3 rings (SSSR count). The molecule has 126 valence electrons. The van der Waals surface area contributed by atoms with Gasteiger partial charge in [0.25, 0.3) is 0 Å². The molecule has 1 aliphatic heterocycles. The van der Waals surface area contributed by atoms with Crippen molar-refractivity contribution < 1.29 is 9.18 Å². The minimum Gasteiger partial charge on any atom is -0.350 e. The number of aryl methyl sites for hydroxylation is 1. The van der Waals surface area contributed by atoms with E-state index in [-0.39, 0.29) is 17.9 Å². The van der Waals surface area contributed by atoms with Gasteiger partial charge < -0.3 is 15.1 Å². The van der Waals surface area contributed by atoms with Crippen LogP contribution in [0.3, 0.4) is 0 Å². The SMILES string of the molecule is Cc1cccc(NC(=O)N2CCN(c3ncccc3F)CC2C)c1. The Morgan fingerprint density at radius 3 is 2.83 bits per heavy atom. The van der Waals surface area contributed by atoms with Crippen molar-refractivity contribution in [3.05, 3.63) is 54.0 Å². The first-order valence-corrected chi connectivity index (χ1v) is 8.04. The summed E-state index contributed by atoms with van der Waals surface area (Å²) in [5.41, 5.74) is 1.88. The highest BCUT2D eigenvalue weighted by Crippen LogP contribution is 2.20. The summed E-state index contributed by atoms with van der Waals surface area (Å²) in [4.78, 5) is 20.3. The van der Waals surface area contributed by atoms with E-state index in [0.717, 1.165) is 11.3 Å². The number of hydrogen-bond donors (Lipinski definition) is 1. The number of urea groups is 1.